The van der Waals surface area contributed by atoms with Crippen molar-refractivity contribution < 1.29 is 4.92 Å². The predicted molar refractivity (Wildman–Crippen MR) is 95.3 cm³/mol. The quantitative estimate of drug-likeness (QED) is 0.681. The fraction of sp³-hybridized carbons (Fsp3) is 0.444. The molecule has 4 heterocycles. The highest BCUT2D eigenvalue weighted by Gasteiger charge is 2.39. The van der Waals surface area contributed by atoms with Gasteiger partial charge < -0.3 is 5.32 Å². The first-order valence-corrected chi connectivity index (χ1v) is 8.69. The summed E-state index contributed by atoms with van der Waals surface area (Å²) < 4.78 is 0. The third kappa shape index (κ3) is 3.07. The fourth-order valence-electron chi connectivity index (χ4n) is 4.05. The number of non-ortho nitro benzene ring substituents is 1. The topological polar surface area (TPSA) is 84.2 Å². The van der Waals surface area contributed by atoms with Crippen molar-refractivity contribution in [3.8, 4) is 11.1 Å². The Morgan fingerprint density at radius 2 is 1.92 bits per heavy atom. The highest BCUT2D eigenvalue weighted by molar-refractivity contribution is 5.64. The second-order valence-corrected chi connectivity index (χ2v) is 6.89. The molecule has 5 rings (SSSR count). The normalized spacial score (nSPS) is 27.9. The molecule has 1 N–H and O–H groups in total. The molecule has 0 spiro atoms. The average Bonchev–Trinajstić information content (AvgIpc) is 2.66. The van der Waals surface area contributed by atoms with Gasteiger partial charge in [-0.2, -0.15) is 0 Å². The van der Waals surface area contributed by atoms with Crippen molar-refractivity contribution in [3.63, 3.8) is 0 Å². The van der Waals surface area contributed by atoms with Gasteiger partial charge in [0.25, 0.3) is 5.69 Å². The summed E-state index contributed by atoms with van der Waals surface area (Å²) in [4.78, 5) is 21.9. The molecule has 2 bridgehead atoms. The molecule has 0 aliphatic carbocycles. The van der Waals surface area contributed by atoms with Crippen LogP contribution in [-0.2, 0) is 0 Å². The molecule has 0 radical (unpaired) electrons. The van der Waals surface area contributed by atoms with E-state index in [1.165, 1.54) is 32.0 Å². The number of hydrogen-bond donors (Lipinski definition) is 1. The Morgan fingerprint density at radius 3 is 2.56 bits per heavy atom. The van der Waals surface area contributed by atoms with E-state index in [0.717, 1.165) is 11.1 Å². The Morgan fingerprint density at radius 1 is 1.20 bits per heavy atom. The largest absolute Gasteiger partial charge is 0.350 e. The predicted octanol–water partition coefficient (Wildman–Crippen LogP) is 2.95. The van der Waals surface area contributed by atoms with E-state index in [9.17, 15) is 10.1 Å². The molecule has 1 aromatic heterocycles. The molecular formula is C18H21N5O2. The minimum atomic E-state index is -0.394. The van der Waals surface area contributed by atoms with E-state index in [2.05, 4.69) is 27.1 Å². The fourth-order valence-corrected chi connectivity index (χ4v) is 4.05. The van der Waals surface area contributed by atoms with Crippen molar-refractivity contribution in [1.82, 2.24) is 14.9 Å². The molecule has 2 atom stereocenters. The Labute approximate surface area is 146 Å². The highest BCUT2D eigenvalue weighted by Crippen LogP contribution is 2.33. The van der Waals surface area contributed by atoms with E-state index in [-0.39, 0.29) is 5.69 Å². The van der Waals surface area contributed by atoms with Gasteiger partial charge in [0.15, 0.2) is 0 Å². The summed E-state index contributed by atoms with van der Waals surface area (Å²) in [5.41, 5.74) is 1.59. The Balaban J connectivity index is 1.51. The third-order valence-corrected chi connectivity index (χ3v) is 5.52. The molecule has 3 fully saturated rings. The molecule has 25 heavy (non-hydrogen) atoms. The van der Waals surface area contributed by atoms with Crippen LogP contribution in [-0.4, -0.2) is 45.0 Å². The number of aromatic nitrogens is 2. The lowest BCUT2D eigenvalue weighted by atomic mass is 9.79. The standard InChI is InChI=1S/C18H21N5O2/c1-12-17(13-5-7-22(12)8-6-13)21-18-19-10-15(11-20-18)14-3-2-4-16(9-14)23(24)25/h2-4,9-13,17H,5-8H2,1H3,(H,19,20,21)/t12-,17+/m1/s1. The summed E-state index contributed by atoms with van der Waals surface area (Å²) in [6, 6.07) is 7.40. The molecule has 7 nitrogen and oxygen atoms in total. The van der Waals surface area contributed by atoms with Crippen molar-refractivity contribution in [1.29, 1.82) is 0 Å². The van der Waals surface area contributed by atoms with E-state index in [1.807, 2.05) is 6.07 Å². The van der Waals surface area contributed by atoms with Crippen molar-refractivity contribution in [3.05, 3.63) is 46.8 Å². The van der Waals surface area contributed by atoms with Crippen LogP contribution in [0.3, 0.4) is 0 Å². The van der Waals surface area contributed by atoms with Gasteiger partial charge in [-0.15, -0.1) is 0 Å². The van der Waals surface area contributed by atoms with Gasteiger partial charge in [-0.3, -0.25) is 15.0 Å². The van der Waals surface area contributed by atoms with E-state index in [4.69, 9.17) is 0 Å². The average molecular weight is 339 g/mol. The number of rotatable bonds is 4. The molecule has 0 amide bonds. The summed E-state index contributed by atoms with van der Waals surface area (Å²) in [7, 11) is 0. The van der Waals surface area contributed by atoms with Gasteiger partial charge >= 0.3 is 0 Å². The second-order valence-electron chi connectivity index (χ2n) is 6.89. The number of nitrogens with zero attached hydrogens (tertiary/aromatic N) is 4. The van der Waals surface area contributed by atoms with E-state index < -0.39 is 4.92 Å². The number of nitro benzene ring substituents is 1. The van der Waals surface area contributed by atoms with Crippen LogP contribution in [0, 0.1) is 16.0 Å². The maximum atomic E-state index is 10.9. The molecule has 3 aliphatic rings. The number of anilines is 1. The highest BCUT2D eigenvalue weighted by atomic mass is 16.6. The monoisotopic (exact) mass is 339 g/mol. The lowest BCUT2D eigenvalue weighted by molar-refractivity contribution is -0.384. The first-order chi connectivity index (χ1) is 12.1. The number of nitrogens with one attached hydrogen (secondary N) is 1. The molecule has 3 saturated heterocycles. The molecule has 1 aromatic carbocycles. The Hall–Kier alpha value is -2.54. The van der Waals surface area contributed by atoms with Gasteiger partial charge in [0.2, 0.25) is 5.95 Å². The zero-order chi connectivity index (χ0) is 17.4. The Kier molecular flexibility index (Phi) is 4.09. The lowest BCUT2D eigenvalue weighted by Gasteiger charge is -2.49. The van der Waals surface area contributed by atoms with Gasteiger partial charge in [-0.1, -0.05) is 12.1 Å². The molecular weight excluding hydrogens is 318 g/mol. The molecule has 0 saturated carbocycles. The van der Waals surface area contributed by atoms with Crippen LogP contribution in [0.25, 0.3) is 11.1 Å². The van der Waals surface area contributed by atoms with Crippen molar-refractivity contribution in [2.75, 3.05) is 18.4 Å². The molecule has 3 aliphatic heterocycles. The summed E-state index contributed by atoms with van der Waals surface area (Å²) in [5.74, 6) is 1.31. The molecule has 7 heteroatoms. The second kappa shape index (κ2) is 6.40. The van der Waals surface area contributed by atoms with Crippen molar-refractivity contribution in [2.45, 2.75) is 31.8 Å². The summed E-state index contributed by atoms with van der Waals surface area (Å²) >= 11 is 0. The van der Waals surface area contributed by atoms with Gasteiger partial charge in [-0.25, -0.2) is 9.97 Å². The van der Waals surface area contributed by atoms with Crippen LogP contribution in [0.4, 0.5) is 11.6 Å². The van der Waals surface area contributed by atoms with Crippen LogP contribution in [0.5, 0.6) is 0 Å². The van der Waals surface area contributed by atoms with Crippen molar-refractivity contribution in [2.24, 2.45) is 5.92 Å². The van der Waals surface area contributed by atoms with Gasteiger partial charge in [0.05, 0.1) is 4.92 Å². The molecule has 2 aromatic rings. The number of fused-ring (bicyclic) bond motifs is 3. The first-order valence-electron chi connectivity index (χ1n) is 8.69. The minimum absolute atomic E-state index is 0.0702. The van der Waals surface area contributed by atoms with Crippen LogP contribution < -0.4 is 5.32 Å². The van der Waals surface area contributed by atoms with Crippen molar-refractivity contribution >= 4 is 11.6 Å². The SMILES string of the molecule is C[C@@H]1[C@H](Nc2ncc(-c3cccc([N+](=O)[O-])c3)cn2)C2CCN1CC2. The van der Waals surface area contributed by atoms with Crippen LogP contribution in [0.15, 0.2) is 36.7 Å². The Bertz CT molecular complexity index is 769. The van der Waals surface area contributed by atoms with E-state index >= 15 is 0 Å². The molecule has 130 valence electrons. The van der Waals surface area contributed by atoms with Gasteiger partial charge in [0.1, 0.15) is 0 Å². The smallest absolute Gasteiger partial charge is 0.270 e. The number of hydrogen-bond acceptors (Lipinski definition) is 6. The zero-order valence-electron chi connectivity index (χ0n) is 14.1. The molecule has 0 unspecified atom stereocenters. The van der Waals surface area contributed by atoms with Crippen LogP contribution in [0.2, 0.25) is 0 Å². The third-order valence-electron chi connectivity index (χ3n) is 5.52. The summed E-state index contributed by atoms with van der Waals surface area (Å²) in [6.07, 6.45) is 5.91. The van der Waals surface area contributed by atoms with Crippen LogP contribution in [0.1, 0.15) is 19.8 Å². The van der Waals surface area contributed by atoms with E-state index in [0.29, 0.717) is 23.9 Å². The van der Waals surface area contributed by atoms with Gasteiger partial charge in [-0.05, 0) is 44.3 Å². The lowest BCUT2D eigenvalue weighted by Crippen LogP contribution is -2.59. The van der Waals surface area contributed by atoms with E-state index in [1.54, 1.807) is 24.5 Å². The maximum Gasteiger partial charge on any atom is 0.270 e. The van der Waals surface area contributed by atoms with Gasteiger partial charge in [0, 0.05) is 42.2 Å². The minimum Gasteiger partial charge on any atom is -0.350 e. The maximum absolute atomic E-state index is 10.9. The summed E-state index contributed by atoms with van der Waals surface area (Å²) in [5, 5.41) is 14.4. The zero-order valence-corrected chi connectivity index (χ0v) is 14.1. The first kappa shape index (κ1) is 16.0. The number of benzene rings is 1. The number of nitro groups is 1. The number of piperidine rings is 3. The summed E-state index contributed by atoms with van der Waals surface area (Å²) in [6.45, 7) is 4.65. The van der Waals surface area contributed by atoms with Crippen LogP contribution >= 0.6 is 0 Å².